The van der Waals surface area contributed by atoms with Gasteiger partial charge in [-0.3, -0.25) is 0 Å². The second-order valence-electron chi connectivity index (χ2n) is 6.06. The lowest BCUT2D eigenvalue weighted by Crippen LogP contribution is -2.04. The van der Waals surface area contributed by atoms with E-state index in [0.29, 0.717) is 21.8 Å². The van der Waals surface area contributed by atoms with Gasteiger partial charge in [-0.25, -0.2) is 0 Å². The highest BCUT2D eigenvalue weighted by Gasteiger charge is 2.15. The van der Waals surface area contributed by atoms with Gasteiger partial charge in [-0.15, -0.1) is 0 Å². The molecular weight excluding hydrogens is 280 g/mol. The fourth-order valence-corrected chi connectivity index (χ4v) is 4.69. The Labute approximate surface area is 129 Å². The molecule has 108 valence electrons. The molecule has 0 radical (unpaired) electrons. The molecule has 2 heteroatoms. The monoisotopic (exact) mass is 306 g/mol. The summed E-state index contributed by atoms with van der Waals surface area (Å²) in [7, 11) is 0.921. The molecule has 0 aromatic heterocycles. The van der Waals surface area contributed by atoms with E-state index >= 15 is 0 Å². The standard InChI is InChI=1S/C18H26S2/c1-13-16(11-19(3)4)9-7-15-8-10-17(12-20(5)6)14(2)18(13)15/h7-10H,11-12H2,1-6H3/q+2. The van der Waals surface area contributed by atoms with E-state index in [4.69, 9.17) is 0 Å². The van der Waals surface area contributed by atoms with Gasteiger partial charge in [0, 0.05) is 11.1 Å². The summed E-state index contributed by atoms with van der Waals surface area (Å²) in [6, 6.07) is 9.26. The van der Waals surface area contributed by atoms with Crippen LogP contribution in [0.15, 0.2) is 24.3 Å². The van der Waals surface area contributed by atoms with E-state index in [1.165, 1.54) is 44.5 Å². The Hall–Kier alpha value is -0.600. The summed E-state index contributed by atoms with van der Waals surface area (Å²) < 4.78 is 0. The van der Waals surface area contributed by atoms with E-state index < -0.39 is 0 Å². The van der Waals surface area contributed by atoms with Crippen LogP contribution in [-0.2, 0) is 33.3 Å². The maximum absolute atomic E-state index is 2.33. The minimum absolute atomic E-state index is 0.461. The second kappa shape index (κ2) is 6.44. The summed E-state index contributed by atoms with van der Waals surface area (Å²) in [4.78, 5) is 0. The van der Waals surface area contributed by atoms with Crippen molar-refractivity contribution in [2.24, 2.45) is 0 Å². The van der Waals surface area contributed by atoms with Crippen LogP contribution < -0.4 is 0 Å². The summed E-state index contributed by atoms with van der Waals surface area (Å²) in [5, 5.41) is 2.89. The summed E-state index contributed by atoms with van der Waals surface area (Å²) in [5.41, 5.74) is 6.04. The molecule has 0 bridgehead atoms. The quantitative estimate of drug-likeness (QED) is 0.742. The molecule has 2 rings (SSSR count). The number of rotatable bonds is 4. The van der Waals surface area contributed by atoms with E-state index in [0.717, 1.165) is 0 Å². The molecule has 0 aliphatic carbocycles. The van der Waals surface area contributed by atoms with Gasteiger partial charge in [-0.05, 0) is 57.5 Å². The third kappa shape index (κ3) is 3.35. The zero-order valence-electron chi connectivity index (χ0n) is 13.5. The number of benzene rings is 2. The van der Waals surface area contributed by atoms with E-state index in [2.05, 4.69) is 63.1 Å². The van der Waals surface area contributed by atoms with Crippen molar-refractivity contribution >= 4 is 32.6 Å². The van der Waals surface area contributed by atoms with E-state index in [1.807, 2.05) is 0 Å². The maximum Gasteiger partial charge on any atom is 0.132 e. The normalized spacial score (nSPS) is 11.8. The Kier molecular flexibility index (Phi) is 5.09. The Bertz CT molecular complexity index is 562. The fraction of sp³-hybridized carbons (Fsp3) is 0.444. The lowest BCUT2D eigenvalue weighted by molar-refractivity contribution is 1.29. The lowest BCUT2D eigenvalue weighted by Gasteiger charge is -2.13. The van der Waals surface area contributed by atoms with Crippen LogP contribution in [0.2, 0.25) is 0 Å². The number of hydrogen-bond acceptors (Lipinski definition) is 0. The van der Waals surface area contributed by atoms with Crippen molar-refractivity contribution < 1.29 is 0 Å². The molecule has 20 heavy (non-hydrogen) atoms. The minimum atomic E-state index is 0.461. The number of aryl methyl sites for hydroxylation is 2. The van der Waals surface area contributed by atoms with Crippen LogP contribution in [0.25, 0.3) is 10.8 Å². The Morgan fingerprint density at radius 1 is 0.700 bits per heavy atom. The summed E-state index contributed by atoms with van der Waals surface area (Å²) in [6.45, 7) is 4.61. The van der Waals surface area contributed by atoms with Crippen LogP contribution in [0.4, 0.5) is 0 Å². The van der Waals surface area contributed by atoms with E-state index in [9.17, 15) is 0 Å². The van der Waals surface area contributed by atoms with Gasteiger partial charge in [0.2, 0.25) is 0 Å². The molecule has 0 saturated heterocycles. The van der Waals surface area contributed by atoms with Crippen molar-refractivity contribution in [2.45, 2.75) is 25.4 Å². The highest BCUT2D eigenvalue weighted by Crippen LogP contribution is 2.29. The first-order chi connectivity index (χ1) is 9.40. The van der Waals surface area contributed by atoms with Crippen LogP contribution in [0, 0.1) is 13.8 Å². The smallest absolute Gasteiger partial charge is 0.0539 e. The van der Waals surface area contributed by atoms with Gasteiger partial charge in [-0.1, -0.05) is 24.3 Å². The average molecular weight is 307 g/mol. The SMILES string of the molecule is Cc1c(C[S+](C)C)ccc2ccc(C[S+](C)C)c(C)c12. The van der Waals surface area contributed by atoms with Crippen molar-refractivity contribution in [1.82, 2.24) is 0 Å². The molecule has 0 aliphatic rings. The molecule has 0 aliphatic heterocycles. The van der Waals surface area contributed by atoms with Crippen molar-refractivity contribution in [3.63, 3.8) is 0 Å². The second-order valence-corrected chi connectivity index (χ2v) is 10.6. The molecule has 0 N–H and O–H groups in total. The number of hydrogen-bond donors (Lipinski definition) is 0. The van der Waals surface area contributed by atoms with Crippen molar-refractivity contribution in [3.05, 3.63) is 46.5 Å². The van der Waals surface area contributed by atoms with Crippen LogP contribution in [0.3, 0.4) is 0 Å². The van der Waals surface area contributed by atoms with Gasteiger partial charge in [0.15, 0.2) is 0 Å². The maximum atomic E-state index is 2.33. The van der Waals surface area contributed by atoms with Gasteiger partial charge in [0.1, 0.15) is 11.5 Å². The molecule has 2 aromatic carbocycles. The lowest BCUT2D eigenvalue weighted by atomic mass is 9.94. The van der Waals surface area contributed by atoms with Gasteiger partial charge in [0.05, 0.1) is 25.0 Å². The molecule has 2 aromatic rings. The summed E-state index contributed by atoms with van der Waals surface area (Å²) in [5.74, 6) is 2.41. The number of fused-ring (bicyclic) bond motifs is 1. The largest absolute Gasteiger partial charge is 0.132 e. The molecule has 0 saturated carbocycles. The van der Waals surface area contributed by atoms with Crippen molar-refractivity contribution in [2.75, 3.05) is 25.0 Å². The van der Waals surface area contributed by atoms with Crippen LogP contribution in [-0.4, -0.2) is 25.0 Å². The topological polar surface area (TPSA) is 0 Å². The van der Waals surface area contributed by atoms with Crippen molar-refractivity contribution in [3.8, 4) is 0 Å². The van der Waals surface area contributed by atoms with Crippen molar-refractivity contribution in [1.29, 1.82) is 0 Å². The third-order valence-electron chi connectivity index (χ3n) is 3.82. The first-order valence-electron chi connectivity index (χ1n) is 6.99. The van der Waals surface area contributed by atoms with Gasteiger partial charge in [-0.2, -0.15) is 0 Å². The Morgan fingerprint density at radius 3 is 1.45 bits per heavy atom. The Morgan fingerprint density at radius 2 is 1.10 bits per heavy atom. The van der Waals surface area contributed by atoms with Crippen LogP contribution in [0.5, 0.6) is 0 Å². The third-order valence-corrected chi connectivity index (χ3v) is 5.60. The van der Waals surface area contributed by atoms with Crippen LogP contribution in [0.1, 0.15) is 22.3 Å². The highest BCUT2D eigenvalue weighted by molar-refractivity contribution is 7.95. The van der Waals surface area contributed by atoms with Gasteiger partial charge in [0.25, 0.3) is 0 Å². The molecule has 0 unspecified atom stereocenters. The zero-order chi connectivity index (χ0) is 14.9. The summed E-state index contributed by atoms with van der Waals surface area (Å²) in [6.07, 6.45) is 9.30. The van der Waals surface area contributed by atoms with E-state index in [-0.39, 0.29) is 0 Å². The molecule has 0 spiro atoms. The minimum Gasteiger partial charge on any atom is -0.0539 e. The average Bonchev–Trinajstić information content (AvgIpc) is 2.35. The highest BCUT2D eigenvalue weighted by atomic mass is 32.2. The first kappa shape index (κ1) is 15.8. The molecule has 0 amide bonds. The summed E-state index contributed by atoms with van der Waals surface area (Å²) >= 11 is 0. The van der Waals surface area contributed by atoms with Gasteiger partial charge < -0.3 is 0 Å². The molecule has 0 atom stereocenters. The first-order valence-corrected chi connectivity index (χ1v) is 11.4. The van der Waals surface area contributed by atoms with E-state index in [1.54, 1.807) is 0 Å². The van der Waals surface area contributed by atoms with Gasteiger partial charge >= 0.3 is 0 Å². The Balaban J connectivity index is 2.59. The predicted molar refractivity (Wildman–Crippen MR) is 99.3 cm³/mol. The molecule has 0 nitrogen and oxygen atoms in total. The zero-order valence-corrected chi connectivity index (χ0v) is 15.2. The van der Waals surface area contributed by atoms with Crippen LogP contribution >= 0.6 is 0 Å². The fourth-order valence-electron chi connectivity index (χ4n) is 2.82. The predicted octanol–water partition coefficient (Wildman–Crippen LogP) is 4.21. The molecule has 0 heterocycles. The molecule has 0 fully saturated rings. The molecular formula is C18H26S2+2.